The normalized spacial score (nSPS) is 19.7. The maximum absolute atomic E-state index is 11.1. The second kappa shape index (κ2) is 4.99. The van der Waals surface area contributed by atoms with E-state index in [9.17, 15) is 4.79 Å². The number of hydrogen-bond donors (Lipinski definition) is 1. The summed E-state index contributed by atoms with van der Waals surface area (Å²) in [4.78, 5) is 15.2. The van der Waals surface area contributed by atoms with E-state index in [1.807, 2.05) is 4.90 Å². The first-order valence-corrected chi connectivity index (χ1v) is 5.88. The second-order valence-electron chi connectivity index (χ2n) is 3.18. The van der Waals surface area contributed by atoms with Crippen LogP contribution in [0.25, 0.3) is 0 Å². The van der Waals surface area contributed by atoms with E-state index in [4.69, 9.17) is 5.73 Å². The van der Waals surface area contributed by atoms with E-state index in [0.29, 0.717) is 0 Å². The third-order valence-electron chi connectivity index (χ3n) is 2.25. The first-order chi connectivity index (χ1) is 6.11. The van der Waals surface area contributed by atoms with Gasteiger partial charge in [0.1, 0.15) is 0 Å². The van der Waals surface area contributed by atoms with E-state index in [1.54, 1.807) is 6.92 Å². The number of rotatable bonds is 1. The second-order valence-corrected chi connectivity index (χ2v) is 4.69. The molecule has 5 heteroatoms. The van der Waals surface area contributed by atoms with Crippen molar-refractivity contribution in [2.75, 3.05) is 26.2 Å². The van der Waals surface area contributed by atoms with Gasteiger partial charge in [-0.25, -0.2) is 0 Å². The van der Waals surface area contributed by atoms with Crippen LogP contribution in [0.5, 0.6) is 0 Å². The third-order valence-corrected chi connectivity index (χ3v) is 3.18. The van der Waals surface area contributed by atoms with Crippen molar-refractivity contribution in [3.63, 3.8) is 0 Å². The van der Waals surface area contributed by atoms with Gasteiger partial charge in [0.2, 0.25) is 0 Å². The summed E-state index contributed by atoms with van der Waals surface area (Å²) in [6.07, 6.45) is 1.02. The molecular weight excluding hydrogens is 338 g/mol. The molecular formula is C8H15N3OW. The Balaban J connectivity index is 2.48. The SMILES string of the molecule is CC(=O)N1CCCN([C](N)=[W])CC1. The van der Waals surface area contributed by atoms with Gasteiger partial charge in [-0.15, -0.1) is 0 Å². The predicted molar refractivity (Wildman–Crippen MR) is 47.6 cm³/mol. The Kier molecular flexibility index (Phi) is 4.23. The van der Waals surface area contributed by atoms with E-state index >= 15 is 0 Å². The van der Waals surface area contributed by atoms with Gasteiger partial charge in [0.25, 0.3) is 0 Å². The van der Waals surface area contributed by atoms with Crippen molar-refractivity contribution in [3.05, 3.63) is 0 Å². The molecule has 1 aliphatic rings. The van der Waals surface area contributed by atoms with Gasteiger partial charge in [0.05, 0.1) is 0 Å². The van der Waals surface area contributed by atoms with E-state index in [1.165, 1.54) is 19.4 Å². The molecule has 1 heterocycles. The van der Waals surface area contributed by atoms with Gasteiger partial charge in [-0.1, -0.05) is 0 Å². The number of nitrogens with two attached hydrogens (primary N) is 1. The van der Waals surface area contributed by atoms with Crippen LogP contribution in [0.4, 0.5) is 0 Å². The molecule has 0 aromatic heterocycles. The number of amides is 1. The molecule has 74 valence electrons. The molecule has 0 bridgehead atoms. The zero-order valence-electron chi connectivity index (χ0n) is 7.82. The van der Waals surface area contributed by atoms with Crippen LogP contribution in [0.1, 0.15) is 13.3 Å². The third kappa shape index (κ3) is 3.29. The summed E-state index contributed by atoms with van der Waals surface area (Å²) >= 11 is 1.31. The minimum absolute atomic E-state index is 0.170. The molecule has 0 aliphatic carbocycles. The van der Waals surface area contributed by atoms with Crippen LogP contribution in [-0.4, -0.2) is 46.0 Å². The average molecular weight is 353 g/mol. The molecule has 0 saturated carbocycles. The van der Waals surface area contributed by atoms with Crippen molar-refractivity contribution in [3.8, 4) is 0 Å². The first kappa shape index (κ1) is 11.0. The molecule has 1 aliphatic heterocycles. The Bertz CT molecular complexity index is 197. The van der Waals surface area contributed by atoms with E-state index in [-0.39, 0.29) is 5.91 Å². The summed E-state index contributed by atoms with van der Waals surface area (Å²) in [5.74, 6) is 0.170. The van der Waals surface area contributed by atoms with Crippen LogP contribution in [0.2, 0.25) is 0 Å². The number of carbonyl (C=O) groups is 1. The fourth-order valence-electron chi connectivity index (χ4n) is 1.45. The number of carbonyl (C=O) groups excluding carboxylic acids is 1. The fraction of sp³-hybridized carbons (Fsp3) is 0.750. The molecule has 0 aromatic carbocycles. The Hall–Kier alpha value is -0.0517. The quantitative estimate of drug-likeness (QED) is 0.667. The van der Waals surface area contributed by atoms with Crippen LogP contribution >= 0.6 is 0 Å². The summed E-state index contributed by atoms with van der Waals surface area (Å²) in [6, 6.07) is 0. The molecule has 0 unspecified atom stereocenters. The zero-order chi connectivity index (χ0) is 9.84. The van der Waals surface area contributed by atoms with Gasteiger partial charge in [-0.2, -0.15) is 0 Å². The molecule has 0 radical (unpaired) electrons. The molecule has 0 aromatic rings. The summed E-state index contributed by atoms with van der Waals surface area (Å²) in [5, 5.41) is 0. The average Bonchev–Trinajstić information content (AvgIpc) is 2.27. The molecule has 2 N–H and O–H groups in total. The van der Waals surface area contributed by atoms with Crippen LogP contribution in [0.15, 0.2) is 0 Å². The monoisotopic (exact) mass is 353 g/mol. The van der Waals surface area contributed by atoms with Gasteiger partial charge in [0.15, 0.2) is 0 Å². The molecule has 1 saturated heterocycles. The topological polar surface area (TPSA) is 49.6 Å². The van der Waals surface area contributed by atoms with E-state index in [0.717, 1.165) is 36.7 Å². The molecule has 0 spiro atoms. The van der Waals surface area contributed by atoms with Gasteiger partial charge < -0.3 is 0 Å². The number of nitrogens with zero attached hydrogens (tertiary/aromatic N) is 2. The summed E-state index contributed by atoms with van der Waals surface area (Å²) in [6.45, 7) is 5.17. The fourth-order valence-corrected chi connectivity index (χ4v) is 2.11. The van der Waals surface area contributed by atoms with Gasteiger partial charge >= 0.3 is 89.3 Å². The molecule has 13 heavy (non-hydrogen) atoms. The Labute approximate surface area is 89.5 Å². The van der Waals surface area contributed by atoms with Crippen LogP contribution in [-0.2, 0) is 24.1 Å². The van der Waals surface area contributed by atoms with Gasteiger partial charge in [-0.3, -0.25) is 0 Å². The van der Waals surface area contributed by atoms with Gasteiger partial charge in [-0.05, 0) is 0 Å². The zero-order valence-corrected chi connectivity index (χ0v) is 10.8. The Morgan fingerprint density at radius 1 is 1.23 bits per heavy atom. The van der Waals surface area contributed by atoms with Crippen molar-refractivity contribution in [1.82, 2.24) is 9.80 Å². The summed E-state index contributed by atoms with van der Waals surface area (Å²) in [5.41, 5.74) is 5.73. The summed E-state index contributed by atoms with van der Waals surface area (Å²) in [7, 11) is 0. The van der Waals surface area contributed by atoms with Gasteiger partial charge in [0, 0.05) is 0 Å². The summed E-state index contributed by atoms with van der Waals surface area (Å²) < 4.78 is 0.936. The molecule has 1 rings (SSSR count). The Morgan fingerprint density at radius 3 is 2.31 bits per heavy atom. The van der Waals surface area contributed by atoms with Crippen LogP contribution in [0, 0.1) is 0 Å². The van der Waals surface area contributed by atoms with Crippen molar-refractivity contribution < 1.29 is 24.1 Å². The molecule has 1 fully saturated rings. The van der Waals surface area contributed by atoms with Crippen molar-refractivity contribution >= 4 is 10.1 Å². The minimum atomic E-state index is 0.170. The maximum atomic E-state index is 11.1. The van der Waals surface area contributed by atoms with Crippen molar-refractivity contribution in [2.45, 2.75) is 13.3 Å². The molecule has 1 amide bonds. The van der Waals surface area contributed by atoms with Crippen LogP contribution in [0.3, 0.4) is 0 Å². The van der Waals surface area contributed by atoms with Crippen molar-refractivity contribution in [2.24, 2.45) is 5.73 Å². The predicted octanol–water partition coefficient (Wildman–Crippen LogP) is -0.866. The molecule has 4 nitrogen and oxygen atoms in total. The molecule has 0 atom stereocenters. The Morgan fingerprint density at radius 2 is 1.77 bits per heavy atom. The van der Waals surface area contributed by atoms with Crippen molar-refractivity contribution in [1.29, 1.82) is 0 Å². The van der Waals surface area contributed by atoms with Crippen LogP contribution < -0.4 is 5.73 Å². The van der Waals surface area contributed by atoms with E-state index < -0.39 is 0 Å². The first-order valence-electron chi connectivity index (χ1n) is 4.41. The number of hydrogen-bond acceptors (Lipinski definition) is 3. The standard InChI is InChI=1S/C8H15N3O.W/c1-8(12)11-4-2-3-10(7-9)5-6-11;/h2-6,9H2,1H3;. The van der Waals surface area contributed by atoms with E-state index in [2.05, 4.69) is 4.90 Å².